The number of halogens is 1. The number of nitrogens with two attached hydrogens (primary N) is 1. The van der Waals surface area contributed by atoms with Gasteiger partial charge in [-0.1, -0.05) is 54.6 Å². The topological polar surface area (TPSA) is 96.4 Å². The highest BCUT2D eigenvalue weighted by atomic mass is 19.1. The lowest BCUT2D eigenvalue weighted by Crippen LogP contribution is -2.49. The number of primary amides is 1. The number of amides is 1. The van der Waals surface area contributed by atoms with Crippen LogP contribution in [0, 0.1) is 22.6 Å². The van der Waals surface area contributed by atoms with Crippen LogP contribution in [0.15, 0.2) is 78.9 Å². The molecule has 1 saturated heterocycles. The molecule has 0 saturated carbocycles. The van der Waals surface area contributed by atoms with Gasteiger partial charge < -0.3 is 15.4 Å². The van der Waals surface area contributed by atoms with Gasteiger partial charge in [-0.3, -0.25) is 9.59 Å². The third kappa shape index (κ3) is 3.29. The van der Waals surface area contributed by atoms with E-state index in [4.69, 9.17) is 10.5 Å². The largest absolute Gasteiger partial charge is 0.497 e. The number of Topliss-reactive ketones (excluding diaryl/α,β-unsaturated/α-hetero) is 1. The minimum atomic E-state index is -1.76. The summed E-state index contributed by atoms with van der Waals surface area (Å²) in [5.74, 6) is -1.81. The molecule has 3 aromatic rings. The second-order valence-electron chi connectivity index (χ2n) is 8.69. The van der Waals surface area contributed by atoms with E-state index >= 15 is 0 Å². The molecule has 0 bridgehead atoms. The van der Waals surface area contributed by atoms with Gasteiger partial charge in [0.15, 0.2) is 11.2 Å². The molecule has 7 heteroatoms. The zero-order valence-corrected chi connectivity index (χ0v) is 18.9. The van der Waals surface area contributed by atoms with E-state index in [9.17, 15) is 19.2 Å². The number of ether oxygens (including phenoxy) is 1. The molecule has 0 aromatic heterocycles. The lowest BCUT2D eigenvalue weighted by atomic mass is 9.67. The van der Waals surface area contributed by atoms with Gasteiger partial charge in [-0.25, -0.2) is 4.39 Å². The highest BCUT2D eigenvalue weighted by Gasteiger charge is 2.65. The molecule has 0 aliphatic carbocycles. The summed E-state index contributed by atoms with van der Waals surface area (Å²) in [5, 5.41) is 10.5. The average molecular weight is 468 g/mol. The Morgan fingerprint density at radius 1 is 1.09 bits per heavy atom. The van der Waals surface area contributed by atoms with Crippen LogP contribution in [-0.2, 0) is 4.79 Å². The third-order valence-corrected chi connectivity index (χ3v) is 6.99. The fourth-order valence-electron chi connectivity index (χ4n) is 5.42. The summed E-state index contributed by atoms with van der Waals surface area (Å²) in [7, 11) is 1.54. The fraction of sp³-hybridized carbons (Fsp3) is 0.179. The van der Waals surface area contributed by atoms with Crippen LogP contribution >= 0.6 is 0 Å². The Morgan fingerprint density at radius 2 is 1.80 bits per heavy atom. The first-order valence-corrected chi connectivity index (χ1v) is 11.1. The van der Waals surface area contributed by atoms with Gasteiger partial charge in [0.1, 0.15) is 17.6 Å². The van der Waals surface area contributed by atoms with Crippen molar-refractivity contribution in [2.45, 2.75) is 18.0 Å². The van der Waals surface area contributed by atoms with Crippen molar-refractivity contribution < 1.29 is 18.7 Å². The molecule has 3 aromatic carbocycles. The third-order valence-electron chi connectivity index (χ3n) is 6.99. The summed E-state index contributed by atoms with van der Waals surface area (Å²) in [6.45, 7) is 0. The Labute approximate surface area is 202 Å². The summed E-state index contributed by atoms with van der Waals surface area (Å²) >= 11 is 0. The molecule has 2 aliphatic heterocycles. The maximum Gasteiger partial charge on any atom is 0.241 e. The van der Waals surface area contributed by atoms with E-state index in [0.29, 0.717) is 28.1 Å². The predicted molar refractivity (Wildman–Crippen MR) is 129 cm³/mol. The number of nitriles is 1. The fourth-order valence-corrected chi connectivity index (χ4v) is 5.42. The number of ketones is 1. The van der Waals surface area contributed by atoms with Gasteiger partial charge in [0, 0.05) is 22.7 Å². The van der Waals surface area contributed by atoms with Gasteiger partial charge >= 0.3 is 0 Å². The van der Waals surface area contributed by atoms with Crippen LogP contribution in [0.3, 0.4) is 0 Å². The quantitative estimate of drug-likeness (QED) is 0.571. The van der Waals surface area contributed by atoms with E-state index in [1.807, 2.05) is 0 Å². The van der Waals surface area contributed by atoms with Crippen molar-refractivity contribution in [2.75, 3.05) is 12.0 Å². The Bertz CT molecular complexity index is 1380. The molecule has 0 spiro atoms. The van der Waals surface area contributed by atoms with Crippen molar-refractivity contribution in [3.05, 3.63) is 101 Å². The predicted octanol–water partition coefficient (Wildman–Crippen LogP) is 4.08. The Hall–Kier alpha value is -4.44. The first-order chi connectivity index (χ1) is 16.9. The smallest absolute Gasteiger partial charge is 0.241 e. The zero-order valence-electron chi connectivity index (χ0n) is 18.9. The summed E-state index contributed by atoms with van der Waals surface area (Å²) in [6.07, 6.45) is 3.35. The molecule has 0 unspecified atom stereocenters. The molecular formula is C28H22FN3O3. The Balaban J connectivity index is 1.80. The van der Waals surface area contributed by atoms with Crippen molar-refractivity contribution in [1.82, 2.24) is 0 Å². The van der Waals surface area contributed by atoms with E-state index in [0.717, 1.165) is 0 Å². The second kappa shape index (κ2) is 8.41. The molecule has 0 radical (unpaired) electrons. The van der Waals surface area contributed by atoms with E-state index < -0.39 is 35.1 Å². The van der Waals surface area contributed by atoms with E-state index in [2.05, 4.69) is 6.07 Å². The van der Waals surface area contributed by atoms with Crippen LogP contribution in [0.25, 0.3) is 6.08 Å². The average Bonchev–Trinajstić information content (AvgIpc) is 3.20. The highest BCUT2D eigenvalue weighted by molar-refractivity contribution is 6.06. The standard InChI is InChI=1S/C28H22FN3O3/c1-35-21-11-7-17(8-12-21)24-25(26(33)18-5-3-2-4-6-18)32-22-13-10-20(29)15-19(22)9-14-23(32)28(24,16-30)27(31)34/h2-15,23-25H,1H3,(H2,31,34)/t23-,24+,25+,28-/m0/s1. The first kappa shape index (κ1) is 22.4. The maximum absolute atomic E-state index is 14.1. The SMILES string of the molecule is COc1ccc([C@@H]2[C@H](C(=O)c3ccccc3)N3c4ccc(F)cc4C=C[C@H]3[C@]2(C#N)C(N)=O)cc1. The van der Waals surface area contributed by atoms with Gasteiger partial charge in [0.2, 0.25) is 5.91 Å². The van der Waals surface area contributed by atoms with Crippen LogP contribution in [0.1, 0.15) is 27.4 Å². The number of rotatable bonds is 5. The monoisotopic (exact) mass is 467 g/mol. The molecule has 174 valence electrons. The zero-order chi connectivity index (χ0) is 24.7. The Morgan fingerprint density at radius 3 is 2.43 bits per heavy atom. The number of anilines is 1. The van der Waals surface area contributed by atoms with Crippen LogP contribution < -0.4 is 15.4 Å². The number of fused-ring (bicyclic) bond motifs is 3. The van der Waals surface area contributed by atoms with E-state index in [-0.39, 0.29) is 5.78 Å². The molecule has 2 aliphatic rings. The van der Waals surface area contributed by atoms with Crippen LogP contribution in [0.4, 0.5) is 10.1 Å². The molecule has 5 rings (SSSR count). The molecule has 4 atom stereocenters. The molecule has 2 heterocycles. The van der Waals surface area contributed by atoms with Gasteiger partial charge in [-0.15, -0.1) is 0 Å². The van der Waals surface area contributed by atoms with Gasteiger partial charge in [0.05, 0.1) is 19.2 Å². The molecule has 1 amide bonds. The number of carbonyl (C=O) groups is 2. The molecule has 35 heavy (non-hydrogen) atoms. The molecular weight excluding hydrogens is 445 g/mol. The van der Waals surface area contributed by atoms with E-state index in [1.54, 1.807) is 77.7 Å². The van der Waals surface area contributed by atoms with Crippen LogP contribution in [0.2, 0.25) is 0 Å². The molecule has 2 N–H and O–H groups in total. The van der Waals surface area contributed by atoms with Crippen molar-refractivity contribution in [3.8, 4) is 11.8 Å². The minimum Gasteiger partial charge on any atom is -0.497 e. The number of carbonyl (C=O) groups excluding carboxylic acids is 2. The van der Waals surface area contributed by atoms with Crippen molar-refractivity contribution in [3.63, 3.8) is 0 Å². The highest BCUT2D eigenvalue weighted by Crippen LogP contribution is 2.55. The van der Waals surface area contributed by atoms with Gasteiger partial charge in [-0.05, 0) is 35.9 Å². The number of nitrogens with zero attached hydrogens (tertiary/aromatic N) is 2. The van der Waals surface area contributed by atoms with Gasteiger partial charge in [0.25, 0.3) is 0 Å². The summed E-state index contributed by atoms with van der Waals surface area (Å²) < 4.78 is 19.3. The minimum absolute atomic E-state index is 0.264. The Kier molecular flexibility index (Phi) is 5.37. The van der Waals surface area contributed by atoms with Crippen molar-refractivity contribution in [2.24, 2.45) is 11.1 Å². The lowest BCUT2D eigenvalue weighted by Gasteiger charge is -2.36. The summed E-state index contributed by atoms with van der Waals surface area (Å²) in [6, 6.07) is 20.3. The van der Waals surface area contributed by atoms with Crippen LogP contribution in [-0.4, -0.2) is 30.9 Å². The first-order valence-electron chi connectivity index (χ1n) is 11.1. The second-order valence-corrected chi connectivity index (χ2v) is 8.69. The lowest BCUT2D eigenvalue weighted by molar-refractivity contribution is -0.125. The number of hydrogen-bond donors (Lipinski definition) is 1. The normalized spacial score (nSPS) is 24.3. The molecule has 6 nitrogen and oxygen atoms in total. The van der Waals surface area contributed by atoms with E-state index in [1.165, 1.54) is 19.2 Å². The molecule has 1 fully saturated rings. The number of benzene rings is 3. The van der Waals surface area contributed by atoms with Crippen molar-refractivity contribution in [1.29, 1.82) is 5.26 Å². The van der Waals surface area contributed by atoms with Crippen LogP contribution in [0.5, 0.6) is 5.75 Å². The summed E-state index contributed by atoms with van der Waals surface area (Å²) in [5.41, 5.74) is 6.36. The van der Waals surface area contributed by atoms with Gasteiger partial charge in [-0.2, -0.15) is 5.26 Å². The number of hydrogen-bond acceptors (Lipinski definition) is 5. The summed E-state index contributed by atoms with van der Waals surface area (Å²) in [4.78, 5) is 29.0. The van der Waals surface area contributed by atoms with Crippen molar-refractivity contribution >= 4 is 23.5 Å². The maximum atomic E-state index is 14.1. The number of methoxy groups -OCH3 is 1.